The average molecular weight is 292 g/mol. The van der Waals surface area contributed by atoms with Gasteiger partial charge in [0.2, 0.25) is 0 Å². The van der Waals surface area contributed by atoms with Crippen LogP contribution in [0.2, 0.25) is 0 Å². The number of thiophene rings is 1. The maximum Gasteiger partial charge on any atom is 0.253 e. The second kappa shape index (κ2) is 6.72. The number of aliphatic hydroxyl groups excluding tert-OH is 1. The van der Waals surface area contributed by atoms with Gasteiger partial charge in [-0.3, -0.25) is 4.79 Å². The van der Waals surface area contributed by atoms with Crippen molar-refractivity contribution in [3.05, 3.63) is 45.9 Å². The molecule has 2 rings (SSSR count). The Labute approximate surface area is 123 Å². The summed E-state index contributed by atoms with van der Waals surface area (Å²) in [7, 11) is 1.92. The van der Waals surface area contributed by atoms with Crippen LogP contribution in [0.3, 0.4) is 0 Å². The molecule has 1 amide bonds. The van der Waals surface area contributed by atoms with Crippen LogP contribution in [-0.2, 0) is 13.5 Å². The van der Waals surface area contributed by atoms with Gasteiger partial charge in [0.25, 0.3) is 5.91 Å². The Bertz CT molecular complexity index is 560. The maximum atomic E-state index is 12.1. The topological polar surface area (TPSA) is 54.3 Å². The molecule has 2 aromatic rings. The smallest absolute Gasteiger partial charge is 0.253 e. The predicted molar refractivity (Wildman–Crippen MR) is 81.1 cm³/mol. The molecule has 108 valence electrons. The molecule has 5 heteroatoms. The van der Waals surface area contributed by atoms with Gasteiger partial charge in [0.15, 0.2) is 0 Å². The molecule has 0 aliphatic rings. The van der Waals surface area contributed by atoms with Crippen LogP contribution >= 0.6 is 11.3 Å². The number of carbonyl (C=O) groups excluding carboxylic acids is 1. The zero-order valence-corrected chi connectivity index (χ0v) is 12.6. The lowest BCUT2D eigenvalue weighted by molar-refractivity contribution is 0.0939. The van der Waals surface area contributed by atoms with Crippen molar-refractivity contribution in [2.24, 2.45) is 13.0 Å². The predicted octanol–water partition coefficient (Wildman–Crippen LogP) is 1.98. The largest absolute Gasteiger partial charge is 0.396 e. The molecule has 4 nitrogen and oxygen atoms in total. The molecule has 20 heavy (non-hydrogen) atoms. The summed E-state index contributed by atoms with van der Waals surface area (Å²) < 4.78 is 1.92. The standard InChI is InChI=1S/C15H20N2O2S/c1-11-14(3-5-17(11)2)15(19)16-8-13(9-18)7-12-4-6-20-10-12/h3-6,10,13,18H,7-9H2,1-2H3,(H,16,19)/t13-/m0/s1. The summed E-state index contributed by atoms with van der Waals surface area (Å²) >= 11 is 1.65. The lowest BCUT2D eigenvalue weighted by Gasteiger charge is -2.14. The van der Waals surface area contributed by atoms with Gasteiger partial charge in [-0.1, -0.05) is 0 Å². The molecular weight excluding hydrogens is 272 g/mol. The fraction of sp³-hybridized carbons (Fsp3) is 0.400. The average Bonchev–Trinajstić information content (AvgIpc) is 3.06. The van der Waals surface area contributed by atoms with E-state index >= 15 is 0 Å². The number of nitrogens with one attached hydrogen (secondary N) is 1. The van der Waals surface area contributed by atoms with Crippen LogP contribution in [0.1, 0.15) is 21.6 Å². The van der Waals surface area contributed by atoms with E-state index in [1.165, 1.54) is 5.56 Å². The van der Waals surface area contributed by atoms with Gasteiger partial charge in [-0.2, -0.15) is 11.3 Å². The minimum atomic E-state index is -0.0770. The Hall–Kier alpha value is -1.59. The lowest BCUT2D eigenvalue weighted by atomic mass is 10.0. The number of aryl methyl sites for hydroxylation is 1. The van der Waals surface area contributed by atoms with Gasteiger partial charge in [-0.15, -0.1) is 0 Å². The van der Waals surface area contributed by atoms with Crippen molar-refractivity contribution in [3.63, 3.8) is 0 Å². The third kappa shape index (κ3) is 3.49. The third-order valence-corrected chi connectivity index (χ3v) is 4.27. The Balaban J connectivity index is 1.90. The van der Waals surface area contributed by atoms with Crippen molar-refractivity contribution in [2.45, 2.75) is 13.3 Å². The normalized spacial score (nSPS) is 12.3. The minimum Gasteiger partial charge on any atom is -0.396 e. The first-order valence-electron chi connectivity index (χ1n) is 6.64. The van der Waals surface area contributed by atoms with Crippen molar-refractivity contribution < 1.29 is 9.90 Å². The summed E-state index contributed by atoms with van der Waals surface area (Å²) in [6.07, 6.45) is 2.66. The summed E-state index contributed by atoms with van der Waals surface area (Å²) in [6, 6.07) is 3.87. The van der Waals surface area contributed by atoms with E-state index in [0.29, 0.717) is 12.1 Å². The van der Waals surface area contributed by atoms with Crippen molar-refractivity contribution >= 4 is 17.2 Å². The quantitative estimate of drug-likeness (QED) is 0.855. The van der Waals surface area contributed by atoms with E-state index in [9.17, 15) is 9.90 Å². The molecule has 0 radical (unpaired) electrons. The number of aromatic nitrogens is 1. The summed E-state index contributed by atoms with van der Waals surface area (Å²) in [5, 5.41) is 16.4. The van der Waals surface area contributed by atoms with Gasteiger partial charge in [0.1, 0.15) is 0 Å². The summed E-state index contributed by atoms with van der Waals surface area (Å²) in [6.45, 7) is 2.48. The molecule has 1 atom stereocenters. The van der Waals surface area contributed by atoms with Crippen LogP contribution in [0.15, 0.2) is 29.1 Å². The monoisotopic (exact) mass is 292 g/mol. The van der Waals surface area contributed by atoms with Crippen LogP contribution in [0.4, 0.5) is 0 Å². The van der Waals surface area contributed by atoms with Crippen molar-refractivity contribution in [3.8, 4) is 0 Å². The molecule has 0 aliphatic heterocycles. The number of amides is 1. The highest BCUT2D eigenvalue weighted by Crippen LogP contribution is 2.12. The number of hydrogen-bond acceptors (Lipinski definition) is 3. The SMILES string of the molecule is Cc1c(C(=O)NC[C@@H](CO)Cc2ccsc2)ccn1C. The van der Waals surface area contributed by atoms with E-state index in [2.05, 4.69) is 16.8 Å². The summed E-state index contributed by atoms with van der Waals surface area (Å²) in [4.78, 5) is 12.1. The van der Waals surface area contributed by atoms with Crippen LogP contribution in [0.25, 0.3) is 0 Å². The first kappa shape index (κ1) is 14.8. The van der Waals surface area contributed by atoms with Gasteiger partial charge in [0, 0.05) is 38.0 Å². The molecule has 0 fully saturated rings. The maximum absolute atomic E-state index is 12.1. The molecule has 0 saturated carbocycles. The number of nitrogens with zero attached hydrogens (tertiary/aromatic N) is 1. The van der Waals surface area contributed by atoms with E-state index in [0.717, 1.165) is 12.1 Å². The van der Waals surface area contributed by atoms with Crippen molar-refractivity contribution in [2.75, 3.05) is 13.2 Å². The molecule has 2 N–H and O–H groups in total. The van der Waals surface area contributed by atoms with Gasteiger partial charge in [0.05, 0.1) is 5.56 Å². The molecule has 0 spiro atoms. The first-order valence-corrected chi connectivity index (χ1v) is 7.58. The molecule has 2 heterocycles. The molecular formula is C15H20N2O2S. The number of hydrogen-bond donors (Lipinski definition) is 2. The minimum absolute atomic E-state index is 0.0533. The molecule has 0 saturated heterocycles. The van der Waals surface area contributed by atoms with Crippen molar-refractivity contribution in [1.29, 1.82) is 0 Å². The zero-order chi connectivity index (χ0) is 14.5. The van der Waals surface area contributed by atoms with Crippen LogP contribution in [-0.4, -0.2) is 28.7 Å². The van der Waals surface area contributed by atoms with E-state index in [1.807, 2.05) is 36.2 Å². The van der Waals surface area contributed by atoms with E-state index in [1.54, 1.807) is 11.3 Å². The van der Waals surface area contributed by atoms with Gasteiger partial charge in [-0.25, -0.2) is 0 Å². The molecule has 0 bridgehead atoms. The van der Waals surface area contributed by atoms with Crippen LogP contribution in [0.5, 0.6) is 0 Å². The summed E-state index contributed by atoms with van der Waals surface area (Å²) in [5.41, 5.74) is 2.85. The van der Waals surface area contributed by atoms with E-state index in [-0.39, 0.29) is 18.4 Å². The number of rotatable bonds is 6. The number of carbonyl (C=O) groups is 1. The summed E-state index contributed by atoms with van der Waals surface area (Å²) in [5.74, 6) is -0.0237. The number of aliphatic hydroxyl groups is 1. The fourth-order valence-electron chi connectivity index (χ4n) is 2.12. The third-order valence-electron chi connectivity index (χ3n) is 3.54. The lowest BCUT2D eigenvalue weighted by Crippen LogP contribution is -2.32. The first-order chi connectivity index (χ1) is 9.61. The highest BCUT2D eigenvalue weighted by Gasteiger charge is 2.14. The van der Waals surface area contributed by atoms with Gasteiger partial charge >= 0.3 is 0 Å². The second-order valence-corrected chi connectivity index (χ2v) is 5.80. The van der Waals surface area contributed by atoms with Gasteiger partial charge in [-0.05, 0) is 41.8 Å². The highest BCUT2D eigenvalue weighted by atomic mass is 32.1. The Kier molecular flexibility index (Phi) is 4.98. The van der Waals surface area contributed by atoms with Crippen LogP contribution < -0.4 is 5.32 Å². The molecule has 0 aromatic carbocycles. The Morgan fingerprint density at radius 3 is 2.85 bits per heavy atom. The Morgan fingerprint density at radius 2 is 2.30 bits per heavy atom. The Morgan fingerprint density at radius 1 is 1.50 bits per heavy atom. The molecule has 0 unspecified atom stereocenters. The fourth-order valence-corrected chi connectivity index (χ4v) is 2.81. The highest BCUT2D eigenvalue weighted by molar-refractivity contribution is 7.07. The zero-order valence-electron chi connectivity index (χ0n) is 11.8. The van der Waals surface area contributed by atoms with E-state index in [4.69, 9.17) is 0 Å². The van der Waals surface area contributed by atoms with E-state index < -0.39 is 0 Å². The second-order valence-electron chi connectivity index (χ2n) is 5.02. The van der Waals surface area contributed by atoms with Crippen LogP contribution in [0, 0.1) is 12.8 Å². The van der Waals surface area contributed by atoms with Crippen molar-refractivity contribution in [1.82, 2.24) is 9.88 Å². The van der Waals surface area contributed by atoms with Gasteiger partial charge < -0.3 is 15.0 Å². The molecule has 0 aliphatic carbocycles. The molecule has 2 aromatic heterocycles.